The van der Waals surface area contributed by atoms with Gasteiger partial charge >= 0.3 is 12.0 Å². The van der Waals surface area contributed by atoms with Crippen molar-refractivity contribution in [2.24, 2.45) is 0 Å². The molecule has 1 aromatic rings. The summed E-state index contributed by atoms with van der Waals surface area (Å²) in [6.07, 6.45) is 3.73. The number of imide groups is 1. The molecular formula is C17H20ClFN2O4. The second-order valence-electron chi connectivity index (χ2n) is 5.97. The van der Waals surface area contributed by atoms with E-state index in [1.807, 2.05) is 0 Å². The summed E-state index contributed by atoms with van der Waals surface area (Å²) in [6, 6.07) is 2.89. The fraction of sp³-hybridized carbons (Fsp3) is 0.471. The van der Waals surface area contributed by atoms with Crippen molar-refractivity contribution in [1.82, 2.24) is 10.6 Å². The Labute approximate surface area is 150 Å². The average molecular weight is 371 g/mol. The third-order valence-electron chi connectivity index (χ3n) is 3.98. The number of benzene rings is 1. The molecule has 0 radical (unpaired) electrons. The molecule has 0 spiro atoms. The third kappa shape index (κ3) is 5.70. The number of urea groups is 1. The molecule has 0 heterocycles. The number of carbonyl (C=O) groups excluding carboxylic acids is 3. The number of halogens is 2. The van der Waals surface area contributed by atoms with Crippen molar-refractivity contribution >= 4 is 29.5 Å². The van der Waals surface area contributed by atoms with E-state index in [-0.39, 0.29) is 16.6 Å². The minimum absolute atomic E-state index is 0.0440. The molecule has 25 heavy (non-hydrogen) atoms. The van der Waals surface area contributed by atoms with Gasteiger partial charge in [0.25, 0.3) is 5.91 Å². The van der Waals surface area contributed by atoms with Crippen LogP contribution in [0.5, 0.6) is 0 Å². The molecule has 0 aromatic heterocycles. The van der Waals surface area contributed by atoms with Crippen molar-refractivity contribution in [2.45, 2.75) is 51.2 Å². The first-order valence-electron chi connectivity index (χ1n) is 8.14. The highest BCUT2D eigenvalue weighted by Gasteiger charge is 2.24. The molecule has 3 amide bonds. The molecular weight excluding hydrogens is 351 g/mol. The van der Waals surface area contributed by atoms with Crippen molar-refractivity contribution in [3.63, 3.8) is 0 Å². The molecule has 2 N–H and O–H groups in total. The van der Waals surface area contributed by atoms with E-state index < -0.39 is 29.8 Å². The van der Waals surface area contributed by atoms with Gasteiger partial charge in [0.1, 0.15) is 5.82 Å². The van der Waals surface area contributed by atoms with Crippen molar-refractivity contribution in [3.05, 3.63) is 34.6 Å². The number of ether oxygens (including phenoxy) is 1. The maximum Gasteiger partial charge on any atom is 0.341 e. The van der Waals surface area contributed by atoms with Gasteiger partial charge in [0.05, 0.1) is 5.56 Å². The molecule has 8 heteroatoms. The van der Waals surface area contributed by atoms with Crippen LogP contribution >= 0.6 is 11.6 Å². The van der Waals surface area contributed by atoms with Gasteiger partial charge in [0, 0.05) is 11.1 Å². The summed E-state index contributed by atoms with van der Waals surface area (Å²) in [5.41, 5.74) is -0.337. The van der Waals surface area contributed by atoms with Gasteiger partial charge in [-0.15, -0.1) is 0 Å². The second kappa shape index (κ2) is 8.80. The lowest BCUT2D eigenvalue weighted by Crippen LogP contribution is -2.48. The summed E-state index contributed by atoms with van der Waals surface area (Å²) in [5.74, 6) is -2.64. The standard InChI is InChI=1S/C17H20ClFN2O4/c1-10(25-16(23)13-8-7-11(18)9-14(13)19)15(22)21-17(24)20-12-5-3-2-4-6-12/h7-10,12H,2-6H2,1H3,(H2,20,21,22,24)/t10-/m0/s1. The fourth-order valence-corrected chi connectivity index (χ4v) is 2.77. The summed E-state index contributed by atoms with van der Waals surface area (Å²) in [4.78, 5) is 35.7. The molecule has 0 aliphatic heterocycles. The van der Waals surface area contributed by atoms with Crippen LogP contribution in [0.3, 0.4) is 0 Å². The number of hydrogen-bond donors (Lipinski definition) is 2. The highest BCUT2D eigenvalue weighted by atomic mass is 35.5. The van der Waals surface area contributed by atoms with Crippen molar-refractivity contribution in [1.29, 1.82) is 0 Å². The predicted octanol–water partition coefficient (Wildman–Crippen LogP) is 3.18. The van der Waals surface area contributed by atoms with Crippen molar-refractivity contribution in [2.75, 3.05) is 0 Å². The fourth-order valence-electron chi connectivity index (χ4n) is 2.61. The van der Waals surface area contributed by atoms with Crippen LogP contribution in [-0.4, -0.2) is 30.1 Å². The maximum absolute atomic E-state index is 13.7. The summed E-state index contributed by atoms with van der Waals surface area (Å²) < 4.78 is 18.6. The van der Waals surface area contributed by atoms with Gasteiger partial charge < -0.3 is 10.1 Å². The molecule has 1 aromatic carbocycles. The van der Waals surface area contributed by atoms with E-state index in [1.54, 1.807) is 0 Å². The molecule has 0 bridgehead atoms. The Bertz CT molecular complexity index is 662. The zero-order chi connectivity index (χ0) is 18.4. The molecule has 1 fully saturated rings. The lowest BCUT2D eigenvalue weighted by molar-refractivity contribution is -0.127. The Hall–Kier alpha value is -2.15. The Morgan fingerprint density at radius 2 is 1.92 bits per heavy atom. The number of nitrogens with one attached hydrogen (secondary N) is 2. The zero-order valence-electron chi connectivity index (χ0n) is 13.8. The lowest BCUT2D eigenvalue weighted by Gasteiger charge is -2.23. The van der Waals surface area contributed by atoms with E-state index in [9.17, 15) is 18.8 Å². The number of esters is 1. The number of amides is 3. The third-order valence-corrected chi connectivity index (χ3v) is 4.22. The summed E-state index contributed by atoms with van der Waals surface area (Å²) in [6.45, 7) is 1.30. The van der Waals surface area contributed by atoms with Crippen molar-refractivity contribution < 1.29 is 23.5 Å². The average Bonchev–Trinajstić information content (AvgIpc) is 2.55. The topological polar surface area (TPSA) is 84.5 Å². The second-order valence-corrected chi connectivity index (χ2v) is 6.41. The number of rotatable bonds is 4. The van der Waals surface area contributed by atoms with E-state index in [4.69, 9.17) is 16.3 Å². The van der Waals surface area contributed by atoms with Crippen LogP contribution < -0.4 is 10.6 Å². The zero-order valence-corrected chi connectivity index (χ0v) is 14.6. The molecule has 1 aliphatic carbocycles. The van der Waals surface area contributed by atoms with E-state index in [1.165, 1.54) is 19.1 Å². The molecule has 136 valence electrons. The highest BCUT2D eigenvalue weighted by Crippen LogP contribution is 2.17. The summed E-state index contributed by atoms with van der Waals surface area (Å²) >= 11 is 5.61. The van der Waals surface area contributed by atoms with Crippen LogP contribution in [-0.2, 0) is 9.53 Å². The van der Waals surface area contributed by atoms with Crippen LogP contribution in [0.4, 0.5) is 9.18 Å². The largest absolute Gasteiger partial charge is 0.449 e. The van der Waals surface area contributed by atoms with Gasteiger partial charge in [-0.2, -0.15) is 0 Å². The Morgan fingerprint density at radius 1 is 1.24 bits per heavy atom. The smallest absolute Gasteiger partial charge is 0.341 e. The molecule has 6 nitrogen and oxygen atoms in total. The van der Waals surface area contributed by atoms with Gasteiger partial charge in [-0.05, 0) is 38.0 Å². The van der Waals surface area contributed by atoms with Crippen LogP contribution in [0.15, 0.2) is 18.2 Å². The molecule has 1 saturated carbocycles. The number of hydrogen-bond acceptors (Lipinski definition) is 4. The first kappa shape index (κ1) is 19.2. The van der Waals surface area contributed by atoms with Crippen molar-refractivity contribution in [3.8, 4) is 0 Å². The highest BCUT2D eigenvalue weighted by molar-refractivity contribution is 6.30. The Balaban J connectivity index is 1.84. The minimum Gasteiger partial charge on any atom is -0.449 e. The quantitative estimate of drug-likeness (QED) is 0.797. The van der Waals surface area contributed by atoms with Gasteiger partial charge in [-0.3, -0.25) is 10.1 Å². The van der Waals surface area contributed by atoms with Crippen LogP contribution in [0, 0.1) is 5.82 Å². The van der Waals surface area contributed by atoms with E-state index in [0.717, 1.165) is 38.2 Å². The van der Waals surface area contributed by atoms with Gasteiger partial charge in [0.15, 0.2) is 6.10 Å². The minimum atomic E-state index is -1.25. The first-order chi connectivity index (χ1) is 11.9. The summed E-state index contributed by atoms with van der Waals surface area (Å²) in [7, 11) is 0. The van der Waals surface area contributed by atoms with Gasteiger partial charge in [-0.1, -0.05) is 30.9 Å². The number of carbonyl (C=O) groups is 3. The van der Waals surface area contributed by atoms with Gasteiger partial charge in [0.2, 0.25) is 0 Å². The molecule has 0 saturated heterocycles. The maximum atomic E-state index is 13.7. The van der Waals surface area contributed by atoms with Crippen LogP contribution in [0.1, 0.15) is 49.4 Å². The lowest BCUT2D eigenvalue weighted by atomic mass is 9.96. The monoisotopic (exact) mass is 370 g/mol. The Morgan fingerprint density at radius 3 is 2.56 bits per heavy atom. The normalized spacial score (nSPS) is 16.0. The van der Waals surface area contributed by atoms with E-state index in [2.05, 4.69) is 10.6 Å². The Kier molecular flexibility index (Phi) is 6.75. The van der Waals surface area contributed by atoms with Crippen LogP contribution in [0.2, 0.25) is 5.02 Å². The first-order valence-corrected chi connectivity index (χ1v) is 8.52. The molecule has 0 unspecified atom stereocenters. The summed E-state index contributed by atoms with van der Waals surface area (Å²) in [5, 5.41) is 4.98. The van der Waals surface area contributed by atoms with Gasteiger partial charge in [-0.25, -0.2) is 14.0 Å². The molecule has 1 atom stereocenters. The van der Waals surface area contributed by atoms with E-state index in [0.29, 0.717) is 0 Å². The molecule has 2 rings (SSSR count). The van der Waals surface area contributed by atoms with Crippen LogP contribution in [0.25, 0.3) is 0 Å². The predicted molar refractivity (Wildman–Crippen MR) is 89.8 cm³/mol. The SMILES string of the molecule is C[C@H](OC(=O)c1ccc(Cl)cc1F)C(=O)NC(=O)NC1CCCCC1. The molecule has 1 aliphatic rings. The van der Waals surface area contributed by atoms with E-state index >= 15 is 0 Å².